The van der Waals surface area contributed by atoms with Gasteiger partial charge in [-0.05, 0) is 38.0 Å². The minimum atomic E-state index is -0.0772. The van der Waals surface area contributed by atoms with E-state index in [-0.39, 0.29) is 5.56 Å². The largest absolute Gasteiger partial charge is 0.294 e. The Morgan fingerprint density at radius 1 is 0.962 bits per heavy atom. The lowest BCUT2D eigenvalue weighted by Gasteiger charge is -2.09. The van der Waals surface area contributed by atoms with E-state index in [1.54, 1.807) is 21.8 Å². The van der Waals surface area contributed by atoms with Crippen molar-refractivity contribution in [3.8, 4) is 5.69 Å². The van der Waals surface area contributed by atoms with Gasteiger partial charge in [0.05, 0.1) is 18.4 Å². The van der Waals surface area contributed by atoms with Crippen molar-refractivity contribution in [2.75, 3.05) is 0 Å². The molecule has 2 heterocycles. The molecule has 0 fully saturated rings. The SMILES string of the molecule is Cc1ccc(Cn2cnc3c(cnn3-c3ccc(C)cc3C)c2=O)cc1. The number of hydrogen-bond acceptors (Lipinski definition) is 3. The highest BCUT2D eigenvalue weighted by Crippen LogP contribution is 2.18. The molecule has 0 saturated carbocycles. The molecule has 4 rings (SSSR count). The molecule has 0 atom stereocenters. The Kier molecular flexibility index (Phi) is 3.92. The number of hydrogen-bond donors (Lipinski definition) is 0. The summed E-state index contributed by atoms with van der Waals surface area (Å²) in [5.74, 6) is 0. The molecule has 2 aromatic carbocycles. The fourth-order valence-electron chi connectivity index (χ4n) is 3.17. The Balaban J connectivity index is 1.78. The molecule has 130 valence electrons. The third-order valence-electron chi connectivity index (χ3n) is 4.61. The number of nitrogens with zero attached hydrogens (tertiary/aromatic N) is 4. The van der Waals surface area contributed by atoms with Gasteiger partial charge < -0.3 is 0 Å². The molecule has 0 N–H and O–H groups in total. The normalized spacial score (nSPS) is 11.2. The van der Waals surface area contributed by atoms with Crippen molar-refractivity contribution in [2.24, 2.45) is 0 Å². The summed E-state index contributed by atoms with van der Waals surface area (Å²) < 4.78 is 3.36. The molecule has 26 heavy (non-hydrogen) atoms. The first-order chi connectivity index (χ1) is 12.5. The molecule has 0 saturated heterocycles. The number of rotatable bonds is 3. The van der Waals surface area contributed by atoms with Gasteiger partial charge in [0.1, 0.15) is 11.7 Å². The van der Waals surface area contributed by atoms with E-state index in [1.165, 1.54) is 11.1 Å². The Labute approximate surface area is 151 Å². The van der Waals surface area contributed by atoms with Crippen molar-refractivity contribution in [1.82, 2.24) is 19.3 Å². The van der Waals surface area contributed by atoms with Crippen LogP contribution in [0.4, 0.5) is 0 Å². The van der Waals surface area contributed by atoms with Gasteiger partial charge in [0.15, 0.2) is 5.65 Å². The first kappa shape index (κ1) is 16.3. The second-order valence-corrected chi connectivity index (χ2v) is 6.75. The fraction of sp³-hybridized carbons (Fsp3) is 0.190. The van der Waals surface area contributed by atoms with Gasteiger partial charge >= 0.3 is 0 Å². The van der Waals surface area contributed by atoms with Crippen LogP contribution in [0.5, 0.6) is 0 Å². The van der Waals surface area contributed by atoms with Crippen molar-refractivity contribution in [3.05, 3.63) is 87.6 Å². The van der Waals surface area contributed by atoms with Crippen LogP contribution in [0.1, 0.15) is 22.3 Å². The van der Waals surface area contributed by atoms with Crippen LogP contribution in [-0.2, 0) is 6.54 Å². The van der Waals surface area contributed by atoms with Gasteiger partial charge in [-0.15, -0.1) is 0 Å². The average molecular weight is 344 g/mol. The highest BCUT2D eigenvalue weighted by molar-refractivity contribution is 5.75. The quantitative estimate of drug-likeness (QED) is 0.571. The van der Waals surface area contributed by atoms with Crippen LogP contribution in [-0.4, -0.2) is 19.3 Å². The molecule has 5 nitrogen and oxygen atoms in total. The molecular formula is C21H20N4O. The number of fused-ring (bicyclic) bond motifs is 1. The van der Waals surface area contributed by atoms with Crippen LogP contribution in [0.15, 0.2) is 59.8 Å². The fourth-order valence-corrected chi connectivity index (χ4v) is 3.17. The van der Waals surface area contributed by atoms with Gasteiger partial charge in [0, 0.05) is 0 Å². The molecule has 0 aliphatic carbocycles. The molecule has 0 bridgehead atoms. The lowest BCUT2D eigenvalue weighted by molar-refractivity contribution is 0.745. The van der Waals surface area contributed by atoms with Gasteiger partial charge in [0.2, 0.25) is 0 Å². The summed E-state index contributed by atoms with van der Waals surface area (Å²) in [5.41, 5.74) is 6.00. The van der Waals surface area contributed by atoms with E-state index < -0.39 is 0 Å². The molecule has 0 aliphatic heterocycles. The highest BCUT2D eigenvalue weighted by atomic mass is 16.1. The molecule has 0 unspecified atom stereocenters. The smallest absolute Gasteiger partial charge is 0.264 e. The maximum Gasteiger partial charge on any atom is 0.264 e. The van der Waals surface area contributed by atoms with Crippen LogP contribution < -0.4 is 5.56 Å². The van der Waals surface area contributed by atoms with Crippen molar-refractivity contribution in [1.29, 1.82) is 0 Å². The third kappa shape index (κ3) is 2.81. The van der Waals surface area contributed by atoms with Crippen LogP contribution in [0.3, 0.4) is 0 Å². The summed E-state index contributed by atoms with van der Waals surface area (Å²) in [5, 5.41) is 4.94. The maximum absolute atomic E-state index is 12.9. The summed E-state index contributed by atoms with van der Waals surface area (Å²) >= 11 is 0. The third-order valence-corrected chi connectivity index (χ3v) is 4.61. The zero-order valence-corrected chi connectivity index (χ0v) is 15.1. The van der Waals surface area contributed by atoms with E-state index in [0.717, 1.165) is 16.8 Å². The van der Waals surface area contributed by atoms with Crippen LogP contribution in [0, 0.1) is 20.8 Å². The van der Waals surface area contributed by atoms with E-state index in [1.807, 2.05) is 50.2 Å². The Hall–Kier alpha value is -3.21. The predicted octanol–water partition coefficient (Wildman–Crippen LogP) is 3.56. The second-order valence-electron chi connectivity index (χ2n) is 6.75. The van der Waals surface area contributed by atoms with Crippen molar-refractivity contribution in [3.63, 3.8) is 0 Å². The minimum absolute atomic E-state index is 0.0772. The first-order valence-electron chi connectivity index (χ1n) is 8.59. The topological polar surface area (TPSA) is 52.7 Å². The monoisotopic (exact) mass is 344 g/mol. The van der Waals surface area contributed by atoms with Gasteiger partial charge in [-0.2, -0.15) is 5.10 Å². The number of aromatic nitrogens is 4. The summed E-state index contributed by atoms with van der Waals surface area (Å²) in [6.45, 7) is 6.64. The van der Waals surface area contributed by atoms with Crippen LogP contribution in [0.25, 0.3) is 16.7 Å². The van der Waals surface area contributed by atoms with E-state index in [0.29, 0.717) is 17.6 Å². The average Bonchev–Trinajstić information content (AvgIpc) is 3.04. The lowest BCUT2D eigenvalue weighted by atomic mass is 10.1. The lowest BCUT2D eigenvalue weighted by Crippen LogP contribution is -2.21. The maximum atomic E-state index is 12.9. The van der Waals surface area contributed by atoms with E-state index >= 15 is 0 Å². The standard InChI is InChI=1S/C21H20N4O/c1-14-4-7-17(8-5-14)12-24-13-22-20-18(21(24)26)11-23-25(20)19-9-6-15(2)10-16(19)3/h4-11,13H,12H2,1-3H3. The molecule has 0 aliphatic rings. The minimum Gasteiger partial charge on any atom is -0.294 e. The number of aryl methyl sites for hydroxylation is 3. The molecule has 5 heteroatoms. The Morgan fingerprint density at radius 2 is 1.69 bits per heavy atom. The zero-order chi connectivity index (χ0) is 18.3. The van der Waals surface area contributed by atoms with Gasteiger partial charge in [-0.3, -0.25) is 9.36 Å². The van der Waals surface area contributed by atoms with E-state index in [4.69, 9.17) is 0 Å². The first-order valence-corrected chi connectivity index (χ1v) is 8.59. The number of benzene rings is 2. The van der Waals surface area contributed by atoms with Crippen molar-refractivity contribution < 1.29 is 0 Å². The molecule has 0 radical (unpaired) electrons. The molecule has 0 amide bonds. The Morgan fingerprint density at radius 3 is 2.42 bits per heavy atom. The zero-order valence-electron chi connectivity index (χ0n) is 15.1. The summed E-state index contributed by atoms with van der Waals surface area (Å²) in [6.07, 6.45) is 3.21. The van der Waals surface area contributed by atoms with Crippen LogP contribution in [0.2, 0.25) is 0 Å². The van der Waals surface area contributed by atoms with E-state index in [2.05, 4.69) is 23.1 Å². The van der Waals surface area contributed by atoms with Gasteiger partial charge in [-0.1, -0.05) is 47.5 Å². The highest BCUT2D eigenvalue weighted by Gasteiger charge is 2.13. The molecule has 0 spiro atoms. The summed E-state index contributed by atoms with van der Waals surface area (Å²) in [4.78, 5) is 17.4. The molecular weight excluding hydrogens is 324 g/mol. The van der Waals surface area contributed by atoms with E-state index in [9.17, 15) is 4.79 Å². The van der Waals surface area contributed by atoms with Gasteiger partial charge in [0.25, 0.3) is 5.56 Å². The van der Waals surface area contributed by atoms with Gasteiger partial charge in [-0.25, -0.2) is 9.67 Å². The summed E-state index contributed by atoms with van der Waals surface area (Å²) in [6, 6.07) is 14.3. The van der Waals surface area contributed by atoms with Crippen molar-refractivity contribution >= 4 is 11.0 Å². The Bertz CT molecular complexity index is 1150. The van der Waals surface area contributed by atoms with Crippen LogP contribution >= 0.6 is 0 Å². The van der Waals surface area contributed by atoms with Crippen molar-refractivity contribution in [2.45, 2.75) is 27.3 Å². The summed E-state index contributed by atoms with van der Waals surface area (Å²) in [7, 11) is 0. The predicted molar refractivity (Wildman–Crippen MR) is 103 cm³/mol. The molecule has 2 aromatic heterocycles. The molecule has 4 aromatic rings. The second kappa shape index (κ2) is 6.26.